The molecule has 0 unspecified atom stereocenters. The molecule has 3 rings (SSSR count). The fraction of sp³-hybridized carbons (Fsp3) is 0.176. The number of rotatable bonds is 5. The molecule has 24 heavy (non-hydrogen) atoms. The maximum absolute atomic E-state index is 12.6. The molecule has 0 amide bonds. The first kappa shape index (κ1) is 16.2. The van der Waals surface area contributed by atoms with Gasteiger partial charge in [-0.25, -0.2) is 18.1 Å². The predicted octanol–water partition coefficient (Wildman–Crippen LogP) is 2.74. The average molecular weight is 342 g/mol. The van der Waals surface area contributed by atoms with E-state index < -0.39 is 10.0 Å². The average Bonchev–Trinajstić information content (AvgIpc) is 3.04. The van der Waals surface area contributed by atoms with Gasteiger partial charge in [0.2, 0.25) is 0 Å². The first-order valence-corrected chi connectivity index (χ1v) is 8.94. The highest BCUT2D eigenvalue weighted by atomic mass is 32.2. The van der Waals surface area contributed by atoms with Gasteiger partial charge in [-0.3, -0.25) is 4.72 Å². The van der Waals surface area contributed by atoms with Crippen molar-refractivity contribution >= 4 is 15.7 Å². The first-order valence-electron chi connectivity index (χ1n) is 7.45. The van der Waals surface area contributed by atoms with Crippen LogP contribution in [0, 0.1) is 13.8 Å². The highest BCUT2D eigenvalue weighted by molar-refractivity contribution is 7.92. The molecule has 0 bridgehead atoms. The third-order valence-corrected chi connectivity index (χ3v) is 5.17. The fourth-order valence-electron chi connectivity index (χ4n) is 2.39. The van der Waals surface area contributed by atoms with Crippen molar-refractivity contribution in [3.05, 3.63) is 71.8 Å². The summed E-state index contributed by atoms with van der Waals surface area (Å²) < 4.78 is 29.5. The summed E-state index contributed by atoms with van der Waals surface area (Å²) in [5.74, 6) is 0. The second-order valence-corrected chi connectivity index (χ2v) is 7.32. The second-order valence-electron chi connectivity index (χ2n) is 5.66. The minimum atomic E-state index is -3.61. The molecule has 124 valence electrons. The molecule has 0 radical (unpaired) electrons. The van der Waals surface area contributed by atoms with E-state index in [9.17, 15) is 8.42 Å². The summed E-state index contributed by atoms with van der Waals surface area (Å²) in [4.78, 5) is 4.19. The van der Waals surface area contributed by atoms with E-state index in [4.69, 9.17) is 0 Å². The maximum Gasteiger partial charge on any atom is 0.262 e. The van der Waals surface area contributed by atoms with Gasteiger partial charge in [-0.05, 0) is 48.7 Å². The molecular weight excluding hydrogens is 324 g/mol. The Morgan fingerprint density at radius 1 is 1.08 bits per heavy atom. The van der Waals surface area contributed by atoms with E-state index in [1.807, 2.05) is 31.2 Å². The van der Waals surface area contributed by atoms with Gasteiger partial charge in [0.15, 0.2) is 0 Å². The van der Waals surface area contributed by atoms with Crippen LogP contribution >= 0.6 is 0 Å². The van der Waals surface area contributed by atoms with Crippen LogP contribution in [0.15, 0.2) is 60.0 Å². The summed E-state index contributed by atoms with van der Waals surface area (Å²) in [5, 5.41) is 4.05. The number of aromatic nitrogens is 3. The summed E-state index contributed by atoms with van der Waals surface area (Å²) in [6, 6.07) is 12.6. The van der Waals surface area contributed by atoms with E-state index >= 15 is 0 Å². The van der Waals surface area contributed by atoms with Crippen molar-refractivity contribution in [3.8, 4) is 0 Å². The Kier molecular flexibility index (Phi) is 4.35. The normalized spacial score (nSPS) is 11.4. The molecular formula is C17H18N4O2S. The minimum absolute atomic E-state index is 0.300. The molecule has 6 nitrogen and oxygen atoms in total. The number of anilines is 1. The second kappa shape index (κ2) is 6.45. The zero-order valence-electron chi connectivity index (χ0n) is 13.5. The molecule has 7 heteroatoms. The molecule has 0 saturated heterocycles. The summed E-state index contributed by atoms with van der Waals surface area (Å²) in [5.41, 5.74) is 3.16. The Labute approximate surface area is 141 Å². The van der Waals surface area contributed by atoms with Crippen molar-refractivity contribution in [1.82, 2.24) is 14.8 Å². The highest BCUT2D eigenvalue weighted by Crippen LogP contribution is 2.21. The van der Waals surface area contributed by atoms with Gasteiger partial charge in [0.25, 0.3) is 10.0 Å². The molecule has 0 aliphatic heterocycles. The van der Waals surface area contributed by atoms with Gasteiger partial charge in [0.1, 0.15) is 12.7 Å². The Morgan fingerprint density at radius 2 is 1.83 bits per heavy atom. The molecule has 0 aliphatic carbocycles. The van der Waals surface area contributed by atoms with Gasteiger partial charge in [-0.2, -0.15) is 5.10 Å². The van der Waals surface area contributed by atoms with E-state index in [1.165, 1.54) is 6.33 Å². The molecule has 0 saturated carbocycles. The molecule has 1 N–H and O–H groups in total. The lowest BCUT2D eigenvalue weighted by atomic mass is 10.2. The van der Waals surface area contributed by atoms with Crippen LogP contribution in [0.1, 0.15) is 16.7 Å². The third kappa shape index (κ3) is 3.62. The van der Waals surface area contributed by atoms with E-state index in [0.29, 0.717) is 17.1 Å². The number of hydrogen-bond acceptors (Lipinski definition) is 4. The number of nitrogens with zero attached hydrogens (tertiary/aromatic N) is 3. The molecule has 1 heterocycles. The van der Waals surface area contributed by atoms with Gasteiger partial charge in [-0.15, -0.1) is 0 Å². The predicted molar refractivity (Wildman–Crippen MR) is 92.3 cm³/mol. The van der Waals surface area contributed by atoms with Crippen LogP contribution in [0.3, 0.4) is 0 Å². The molecule has 1 aromatic heterocycles. The molecule has 3 aromatic rings. The molecule has 2 aromatic carbocycles. The Hall–Kier alpha value is -2.67. The van der Waals surface area contributed by atoms with Gasteiger partial charge in [0.05, 0.1) is 11.4 Å². The lowest BCUT2D eigenvalue weighted by Crippen LogP contribution is -2.14. The van der Waals surface area contributed by atoms with Crippen LogP contribution in [-0.4, -0.2) is 23.2 Å². The van der Waals surface area contributed by atoms with E-state index in [2.05, 4.69) is 14.8 Å². The molecule has 0 atom stereocenters. The monoisotopic (exact) mass is 342 g/mol. The summed E-state index contributed by atoms with van der Waals surface area (Å²) in [6.45, 7) is 4.25. The fourth-order valence-corrected chi connectivity index (χ4v) is 3.78. The van der Waals surface area contributed by atoms with Crippen LogP contribution in [0.4, 0.5) is 5.69 Å². The van der Waals surface area contributed by atoms with Gasteiger partial charge >= 0.3 is 0 Å². The molecule has 0 aliphatic rings. The zero-order valence-corrected chi connectivity index (χ0v) is 14.3. The number of benzene rings is 2. The van der Waals surface area contributed by atoms with Crippen LogP contribution in [0.25, 0.3) is 0 Å². The Bertz CT molecular complexity index is 933. The van der Waals surface area contributed by atoms with E-state index in [0.717, 1.165) is 16.7 Å². The smallest absolute Gasteiger partial charge is 0.262 e. The van der Waals surface area contributed by atoms with E-state index in [-0.39, 0.29) is 0 Å². The molecule has 0 fully saturated rings. The quantitative estimate of drug-likeness (QED) is 0.773. The van der Waals surface area contributed by atoms with Crippen molar-refractivity contribution in [1.29, 1.82) is 0 Å². The summed E-state index contributed by atoms with van der Waals surface area (Å²) in [7, 11) is -3.61. The third-order valence-electron chi connectivity index (χ3n) is 3.65. The standard InChI is InChI=1S/C17H18N4O2S/c1-13-3-4-14(2)17(9-13)24(22,23)20-16-7-5-15(6-8-16)10-21-12-18-11-19-21/h3-9,11-12,20H,10H2,1-2H3. The maximum atomic E-state index is 12.6. The van der Waals surface area contributed by atoms with Crippen molar-refractivity contribution < 1.29 is 8.42 Å². The highest BCUT2D eigenvalue weighted by Gasteiger charge is 2.17. The number of sulfonamides is 1. The van der Waals surface area contributed by atoms with Crippen molar-refractivity contribution in [2.45, 2.75) is 25.3 Å². The zero-order chi connectivity index (χ0) is 17.2. The minimum Gasteiger partial charge on any atom is -0.280 e. The summed E-state index contributed by atoms with van der Waals surface area (Å²) >= 11 is 0. The first-order chi connectivity index (χ1) is 11.4. The lowest BCUT2D eigenvalue weighted by molar-refractivity contribution is 0.600. The van der Waals surface area contributed by atoms with Crippen molar-refractivity contribution in [2.24, 2.45) is 0 Å². The van der Waals surface area contributed by atoms with Gasteiger partial charge in [-0.1, -0.05) is 24.3 Å². The number of hydrogen-bond donors (Lipinski definition) is 1. The Balaban J connectivity index is 1.79. The van der Waals surface area contributed by atoms with Crippen molar-refractivity contribution in [3.63, 3.8) is 0 Å². The van der Waals surface area contributed by atoms with Crippen molar-refractivity contribution in [2.75, 3.05) is 4.72 Å². The SMILES string of the molecule is Cc1ccc(C)c(S(=O)(=O)Nc2ccc(Cn3cncn3)cc2)c1. The Morgan fingerprint density at radius 3 is 2.50 bits per heavy atom. The van der Waals surface area contributed by atoms with Crippen LogP contribution in [-0.2, 0) is 16.6 Å². The van der Waals surface area contributed by atoms with E-state index in [1.54, 1.807) is 36.1 Å². The summed E-state index contributed by atoms with van der Waals surface area (Å²) in [6.07, 6.45) is 3.11. The van der Waals surface area contributed by atoms with Crippen LogP contribution < -0.4 is 4.72 Å². The van der Waals surface area contributed by atoms with Crippen LogP contribution in [0.5, 0.6) is 0 Å². The topological polar surface area (TPSA) is 76.9 Å². The lowest BCUT2D eigenvalue weighted by Gasteiger charge is -2.11. The van der Waals surface area contributed by atoms with Gasteiger partial charge < -0.3 is 0 Å². The largest absolute Gasteiger partial charge is 0.280 e. The molecule has 0 spiro atoms. The number of nitrogens with one attached hydrogen (secondary N) is 1. The van der Waals surface area contributed by atoms with Crippen LogP contribution in [0.2, 0.25) is 0 Å². The number of aryl methyl sites for hydroxylation is 2. The van der Waals surface area contributed by atoms with Gasteiger partial charge in [0, 0.05) is 5.69 Å².